The molecule has 108 valence electrons. The summed E-state index contributed by atoms with van der Waals surface area (Å²) in [6.45, 7) is 1.11. The van der Waals surface area contributed by atoms with Crippen LogP contribution in [-0.2, 0) is 11.3 Å². The fourth-order valence-electron chi connectivity index (χ4n) is 1.69. The van der Waals surface area contributed by atoms with Crippen molar-refractivity contribution in [2.45, 2.75) is 20.1 Å². The van der Waals surface area contributed by atoms with Gasteiger partial charge in [-0.05, 0) is 24.1 Å². The third kappa shape index (κ3) is 6.31. The highest BCUT2D eigenvalue weighted by Crippen LogP contribution is 2.24. The molecule has 0 saturated heterocycles. The third-order valence-electron chi connectivity index (χ3n) is 2.50. The van der Waals surface area contributed by atoms with Crippen LogP contribution in [0.4, 0.5) is 8.78 Å². The second-order valence-corrected chi connectivity index (χ2v) is 5.24. The topological polar surface area (TPSA) is 30.5 Å². The lowest BCUT2D eigenvalue weighted by Crippen LogP contribution is -2.23. The highest BCUT2D eigenvalue weighted by Gasteiger charge is 2.10. The molecule has 0 fully saturated rings. The van der Waals surface area contributed by atoms with Crippen LogP contribution in [0.3, 0.4) is 0 Å². The van der Waals surface area contributed by atoms with E-state index in [-0.39, 0.29) is 5.75 Å². The van der Waals surface area contributed by atoms with Crippen LogP contribution in [0.5, 0.6) is 5.75 Å². The monoisotopic (exact) mass is 337 g/mol. The predicted octanol–water partition coefficient (Wildman–Crippen LogP) is 3.42. The Labute approximate surface area is 120 Å². The van der Waals surface area contributed by atoms with E-state index in [1.807, 2.05) is 6.92 Å². The summed E-state index contributed by atoms with van der Waals surface area (Å²) in [7, 11) is 1.65. The minimum Gasteiger partial charge on any atom is -0.434 e. The number of benzene rings is 1. The van der Waals surface area contributed by atoms with E-state index >= 15 is 0 Å². The Morgan fingerprint density at radius 3 is 2.74 bits per heavy atom. The van der Waals surface area contributed by atoms with Crippen LogP contribution >= 0.6 is 15.9 Å². The zero-order valence-electron chi connectivity index (χ0n) is 11.0. The van der Waals surface area contributed by atoms with E-state index in [4.69, 9.17) is 4.74 Å². The van der Waals surface area contributed by atoms with Crippen molar-refractivity contribution in [3.8, 4) is 5.75 Å². The van der Waals surface area contributed by atoms with Crippen molar-refractivity contribution in [2.24, 2.45) is 5.92 Å². The van der Waals surface area contributed by atoms with E-state index in [9.17, 15) is 8.78 Å². The Kier molecular flexibility index (Phi) is 7.27. The summed E-state index contributed by atoms with van der Waals surface area (Å²) in [5.74, 6) is 0.557. The minimum absolute atomic E-state index is 0.199. The van der Waals surface area contributed by atoms with Crippen molar-refractivity contribution >= 4 is 15.9 Å². The van der Waals surface area contributed by atoms with Crippen molar-refractivity contribution < 1.29 is 18.3 Å². The van der Waals surface area contributed by atoms with Gasteiger partial charge in [-0.2, -0.15) is 8.78 Å². The maximum Gasteiger partial charge on any atom is 0.387 e. The predicted molar refractivity (Wildman–Crippen MR) is 73.5 cm³/mol. The molecule has 0 aliphatic carbocycles. The first kappa shape index (κ1) is 16.3. The summed E-state index contributed by atoms with van der Waals surface area (Å²) >= 11 is 3.32. The molecule has 0 aliphatic rings. The quantitative estimate of drug-likeness (QED) is 0.788. The average molecular weight is 338 g/mol. The van der Waals surface area contributed by atoms with Gasteiger partial charge in [-0.25, -0.2) is 0 Å². The SMILES string of the molecule is COCC(C)CNCc1cc(Br)ccc1OC(F)F. The number of rotatable bonds is 8. The van der Waals surface area contributed by atoms with Crippen LogP contribution in [0.25, 0.3) is 0 Å². The number of alkyl halides is 2. The highest BCUT2D eigenvalue weighted by molar-refractivity contribution is 9.10. The van der Waals surface area contributed by atoms with E-state index in [1.54, 1.807) is 19.2 Å². The molecule has 19 heavy (non-hydrogen) atoms. The van der Waals surface area contributed by atoms with Crippen molar-refractivity contribution in [1.29, 1.82) is 0 Å². The van der Waals surface area contributed by atoms with Gasteiger partial charge < -0.3 is 14.8 Å². The fraction of sp³-hybridized carbons (Fsp3) is 0.538. The van der Waals surface area contributed by atoms with Crippen LogP contribution < -0.4 is 10.1 Å². The number of halogens is 3. The average Bonchev–Trinajstić information content (AvgIpc) is 2.32. The van der Waals surface area contributed by atoms with Gasteiger partial charge in [-0.1, -0.05) is 22.9 Å². The first-order chi connectivity index (χ1) is 9.02. The molecule has 1 rings (SSSR count). The van der Waals surface area contributed by atoms with Crippen molar-refractivity contribution in [3.05, 3.63) is 28.2 Å². The normalized spacial score (nSPS) is 12.7. The molecule has 0 amide bonds. The van der Waals surface area contributed by atoms with Gasteiger partial charge in [-0.15, -0.1) is 0 Å². The van der Waals surface area contributed by atoms with E-state index in [0.29, 0.717) is 24.6 Å². The standard InChI is InChI=1S/C13H18BrF2NO2/c1-9(8-18-2)6-17-7-10-5-11(14)3-4-12(10)19-13(15)16/h3-5,9,13,17H,6-8H2,1-2H3. The molecule has 1 atom stereocenters. The number of hydrogen-bond acceptors (Lipinski definition) is 3. The zero-order chi connectivity index (χ0) is 14.3. The van der Waals surface area contributed by atoms with Gasteiger partial charge in [0.1, 0.15) is 5.75 Å². The molecule has 0 aliphatic heterocycles. The molecular weight excluding hydrogens is 320 g/mol. The van der Waals surface area contributed by atoms with Crippen LogP contribution in [0, 0.1) is 5.92 Å². The Morgan fingerprint density at radius 2 is 2.11 bits per heavy atom. The Hall–Kier alpha value is -0.720. The van der Waals surface area contributed by atoms with E-state index in [1.165, 1.54) is 6.07 Å². The van der Waals surface area contributed by atoms with E-state index in [0.717, 1.165) is 11.0 Å². The third-order valence-corrected chi connectivity index (χ3v) is 2.99. The molecule has 0 spiro atoms. The smallest absolute Gasteiger partial charge is 0.387 e. The Morgan fingerprint density at radius 1 is 1.37 bits per heavy atom. The van der Waals surface area contributed by atoms with Crippen LogP contribution in [0.15, 0.2) is 22.7 Å². The first-order valence-corrected chi connectivity index (χ1v) is 6.75. The molecule has 0 heterocycles. The molecule has 0 saturated carbocycles. The van der Waals surface area contributed by atoms with Gasteiger partial charge in [0.05, 0.1) is 0 Å². The number of methoxy groups -OCH3 is 1. The highest BCUT2D eigenvalue weighted by atomic mass is 79.9. The summed E-state index contributed by atoms with van der Waals surface area (Å²) in [5, 5.41) is 3.20. The molecule has 6 heteroatoms. The second-order valence-electron chi connectivity index (χ2n) is 4.32. The van der Waals surface area contributed by atoms with Gasteiger partial charge in [0.2, 0.25) is 0 Å². The van der Waals surface area contributed by atoms with Crippen LogP contribution in [-0.4, -0.2) is 26.9 Å². The summed E-state index contributed by atoms with van der Waals surface area (Å²) in [4.78, 5) is 0. The molecule has 0 radical (unpaired) electrons. The van der Waals surface area contributed by atoms with Gasteiger partial charge >= 0.3 is 6.61 Å². The van der Waals surface area contributed by atoms with Gasteiger partial charge in [0.15, 0.2) is 0 Å². The van der Waals surface area contributed by atoms with Crippen LogP contribution in [0.2, 0.25) is 0 Å². The first-order valence-electron chi connectivity index (χ1n) is 5.95. The lowest BCUT2D eigenvalue weighted by atomic mass is 10.1. The fourth-order valence-corrected chi connectivity index (χ4v) is 2.10. The van der Waals surface area contributed by atoms with Gasteiger partial charge in [0, 0.05) is 36.8 Å². The molecule has 3 nitrogen and oxygen atoms in total. The molecule has 1 unspecified atom stereocenters. The Balaban J connectivity index is 2.57. The molecule has 1 aromatic rings. The lowest BCUT2D eigenvalue weighted by molar-refractivity contribution is -0.0505. The molecule has 0 bridgehead atoms. The molecule has 1 N–H and O–H groups in total. The van der Waals surface area contributed by atoms with E-state index < -0.39 is 6.61 Å². The Bertz CT molecular complexity index is 391. The summed E-state index contributed by atoms with van der Waals surface area (Å²) < 4.78 is 34.9. The van der Waals surface area contributed by atoms with Crippen molar-refractivity contribution in [1.82, 2.24) is 5.32 Å². The maximum atomic E-state index is 12.3. The lowest BCUT2D eigenvalue weighted by Gasteiger charge is -2.14. The van der Waals surface area contributed by atoms with Gasteiger partial charge in [-0.3, -0.25) is 0 Å². The summed E-state index contributed by atoms with van der Waals surface area (Å²) in [5.41, 5.74) is 0.694. The van der Waals surface area contributed by atoms with E-state index in [2.05, 4.69) is 26.0 Å². The second kappa shape index (κ2) is 8.45. The zero-order valence-corrected chi connectivity index (χ0v) is 12.5. The summed E-state index contributed by atoms with van der Waals surface area (Å²) in [6.07, 6.45) is 0. The molecule has 0 aromatic heterocycles. The minimum atomic E-state index is -2.81. The molecule has 1 aromatic carbocycles. The number of hydrogen-bond donors (Lipinski definition) is 1. The van der Waals surface area contributed by atoms with Gasteiger partial charge in [0.25, 0.3) is 0 Å². The number of ether oxygens (including phenoxy) is 2. The maximum absolute atomic E-state index is 12.3. The van der Waals surface area contributed by atoms with Crippen LogP contribution in [0.1, 0.15) is 12.5 Å². The van der Waals surface area contributed by atoms with Crippen molar-refractivity contribution in [3.63, 3.8) is 0 Å². The molecular formula is C13H18BrF2NO2. The van der Waals surface area contributed by atoms with Crippen molar-refractivity contribution in [2.75, 3.05) is 20.3 Å². The largest absolute Gasteiger partial charge is 0.434 e. The number of nitrogens with one attached hydrogen (secondary N) is 1. The summed E-state index contributed by atoms with van der Waals surface area (Å²) in [6, 6.07) is 4.98.